The zero-order chi connectivity index (χ0) is 12.1. The summed E-state index contributed by atoms with van der Waals surface area (Å²) in [6.45, 7) is 1.96. The second kappa shape index (κ2) is 6.91. The van der Waals surface area contributed by atoms with Gasteiger partial charge in [0.1, 0.15) is 0 Å². The fourth-order valence-electron chi connectivity index (χ4n) is 3.59. The molecule has 1 aliphatic carbocycles. The van der Waals surface area contributed by atoms with Crippen molar-refractivity contribution in [1.82, 2.24) is 0 Å². The van der Waals surface area contributed by atoms with Crippen molar-refractivity contribution in [2.45, 2.75) is 44.9 Å². The highest BCUT2D eigenvalue weighted by molar-refractivity contribution is 9.09. The Bertz CT molecular complexity index is 216. The maximum absolute atomic E-state index is 5.48. The van der Waals surface area contributed by atoms with Gasteiger partial charge < -0.3 is 4.74 Å². The molecule has 0 atom stereocenters. The molecule has 17 heavy (non-hydrogen) atoms. The van der Waals surface area contributed by atoms with Crippen LogP contribution in [0.2, 0.25) is 0 Å². The van der Waals surface area contributed by atoms with Gasteiger partial charge in [-0.2, -0.15) is 0 Å². The molecule has 3 heteroatoms. The third-order valence-corrected chi connectivity index (χ3v) is 7.02. The summed E-state index contributed by atoms with van der Waals surface area (Å²) in [5.74, 6) is 1.82. The molecule has 0 N–H and O–H groups in total. The fourth-order valence-corrected chi connectivity index (χ4v) is 5.90. The number of hydrogen-bond acceptors (Lipinski definition) is 1. The minimum absolute atomic E-state index is 0.499. The molecule has 0 spiro atoms. The molecular formula is C14H24Br2O. The van der Waals surface area contributed by atoms with E-state index >= 15 is 0 Å². The van der Waals surface area contributed by atoms with Crippen LogP contribution in [0.15, 0.2) is 0 Å². The van der Waals surface area contributed by atoms with E-state index in [0.717, 1.165) is 35.7 Å². The van der Waals surface area contributed by atoms with Crippen LogP contribution in [0.25, 0.3) is 0 Å². The SMILES string of the molecule is BrCC(CBr)(CC1CCOCC1)C1CCCC1. The van der Waals surface area contributed by atoms with Gasteiger partial charge in [0.15, 0.2) is 0 Å². The molecule has 0 unspecified atom stereocenters. The molecule has 2 fully saturated rings. The minimum atomic E-state index is 0.499. The summed E-state index contributed by atoms with van der Waals surface area (Å²) >= 11 is 7.62. The highest BCUT2D eigenvalue weighted by Gasteiger charge is 2.40. The van der Waals surface area contributed by atoms with E-state index in [1.165, 1.54) is 44.9 Å². The summed E-state index contributed by atoms with van der Waals surface area (Å²) in [6.07, 6.45) is 9.71. The lowest BCUT2D eigenvalue weighted by Crippen LogP contribution is -2.36. The van der Waals surface area contributed by atoms with Gasteiger partial charge in [-0.25, -0.2) is 0 Å². The van der Waals surface area contributed by atoms with Crippen LogP contribution in [0.5, 0.6) is 0 Å². The summed E-state index contributed by atoms with van der Waals surface area (Å²) < 4.78 is 5.48. The van der Waals surface area contributed by atoms with Crippen molar-refractivity contribution in [3.05, 3.63) is 0 Å². The van der Waals surface area contributed by atoms with Crippen molar-refractivity contribution in [2.75, 3.05) is 23.9 Å². The molecule has 1 heterocycles. The predicted molar refractivity (Wildman–Crippen MR) is 80.1 cm³/mol. The molecular weight excluding hydrogens is 344 g/mol. The molecule has 100 valence electrons. The summed E-state index contributed by atoms with van der Waals surface area (Å²) in [5.41, 5.74) is 0.499. The van der Waals surface area contributed by atoms with E-state index in [9.17, 15) is 0 Å². The second-order valence-corrected chi connectivity index (χ2v) is 6.99. The van der Waals surface area contributed by atoms with Crippen LogP contribution in [-0.2, 0) is 4.74 Å². The quantitative estimate of drug-likeness (QED) is 0.636. The van der Waals surface area contributed by atoms with Gasteiger partial charge in [0, 0.05) is 23.9 Å². The fraction of sp³-hybridized carbons (Fsp3) is 1.00. The zero-order valence-electron chi connectivity index (χ0n) is 10.6. The van der Waals surface area contributed by atoms with E-state index in [4.69, 9.17) is 4.74 Å². The smallest absolute Gasteiger partial charge is 0.0468 e. The minimum Gasteiger partial charge on any atom is -0.381 e. The van der Waals surface area contributed by atoms with Crippen molar-refractivity contribution < 1.29 is 4.74 Å². The van der Waals surface area contributed by atoms with Gasteiger partial charge in [0.2, 0.25) is 0 Å². The van der Waals surface area contributed by atoms with Gasteiger partial charge in [-0.1, -0.05) is 44.7 Å². The molecule has 0 aromatic carbocycles. The van der Waals surface area contributed by atoms with E-state index in [-0.39, 0.29) is 0 Å². The first-order valence-electron chi connectivity index (χ1n) is 7.00. The van der Waals surface area contributed by atoms with Crippen LogP contribution in [-0.4, -0.2) is 23.9 Å². The molecule has 1 nitrogen and oxygen atoms in total. The second-order valence-electron chi connectivity index (χ2n) is 5.87. The summed E-state index contributed by atoms with van der Waals surface area (Å²) in [4.78, 5) is 0. The van der Waals surface area contributed by atoms with Crippen LogP contribution < -0.4 is 0 Å². The Morgan fingerprint density at radius 3 is 2.06 bits per heavy atom. The number of rotatable bonds is 5. The van der Waals surface area contributed by atoms with Gasteiger partial charge in [-0.05, 0) is 49.4 Å². The summed E-state index contributed by atoms with van der Waals surface area (Å²) in [6, 6.07) is 0. The first kappa shape index (κ1) is 14.3. The molecule has 0 bridgehead atoms. The lowest BCUT2D eigenvalue weighted by Gasteiger charge is -2.40. The van der Waals surface area contributed by atoms with Gasteiger partial charge >= 0.3 is 0 Å². The van der Waals surface area contributed by atoms with E-state index in [1.54, 1.807) is 0 Å². The molecule has 2 rings (SSSR count). The number of alkyl halides is 2. The Labute approximate surface area is 122 Å². The first-order valence-corrected chi connectivity index (χ1v) is 9.25. The highest BCUT2D eigenvalue weighted by Crippen LogP contribution is 2.47. The van der Waals surface area contributed by atoms with Crippen LogP contribution in [0.3, 0.4) is 0 Å². The molecule has 2 aliphatic rings. The van der Waals surface area contributed by atoms with Crippen LogP contribution in [0.4, 0.5) is 0 Å². The normalized spacial score (nSPS) is 24.4. The first-order chi connectivity index (χ1) is 8.30. The molecule has 0 amide bonds. The monoisotopic (exact) mass is 366 g/mol. The van der Waals surface area contributed by atoms with Gasteiger partial charge in [0.25, 0.3) is 0 Å². The van der Waals surface area contributed by atoms with Crippen molar-refractivity contribution in [3.8, 4) is 0 Å². The third kappa shape index (κ3) is 3.48. The summed E-state index contributed by atoms with van der Waals surface area (Å²) in [7, 11) is 0. The average Bonchev–Trinajstić information content (AvgIpc) is 2.92. The van der Waals surface area contributed by atoms with Crippen molar-refractivity contribution in [3.63, 3.8) is 0 Å². The van der Waals surface area contributed by atoms with E-state index in [0.29, 0.717) is 5.41 Å². The Morgan fingerprint density at radius 2 is 1.53 bits per heavy atom. The largest absolute Gasteiger partial charge is 0.381 e. The lowest BCUT2D eigenvalue weighted by molar-refractivity contribution is 0.0441. The molecule has 1 saturated heterocycles. The molecule has 1 saturated carbocycles. The average molecular weight is 368 g/mol. The lowest BCUT2D eigenvalue weighted by atomic mass is 9.70. The Morgan fingerprint density at radius 1 is 0.941 bits per heavy atom. The van der Waals surface area contributed by atoms with E-state index in [2.05, 4.69) is 31.9 Å². The molecule has 0 aromatic heterocycles. The zero-order valence-corrected chi connectivity index (χ0v) is 13.8. The highest BCUT2D eigenvalue weighted by atomic mass is 79.9. The van der Waals surface area contributed by atoms with Crippen molar-refractivity contribution in [2.24, 2.45) is 17.3 Å². The van der Waals surface area contributed by atoms with Gasteiger partial charge in [-0.3, -0.25) is 0 Å². The van der Waals surface area contributed by atoms with Crippen LogP contribution in [0.1, 0.15) is 44.9 Å². The Kier molecular flexibility index (Phi) is 5.82. The Balaban J connectivity index is 1.98. The predicted octanol–water partition coefficient (Wildman–Crippen LogP) is 4.77. The van der Waals surface area contributed by atoms with Gasteiger partial charge in [-0.15, -0.1) is 0 Å². The van der Waals surface area contributed by atoms with Crippen LogP contribution in [0, 0.1) is 17.3 Å². The van der Waals surface area contributed by atoms with E-state index in [1.807, 2.05) is 0 Å². The van der Waals surface area contributed by atoms with Gasteiger partial charge in [0.05, 0.1) is 0 Å². The number of hydrogen-bond donors (Lipinski definition) is 0. The summed E-state index contributed by atoms with van der Waals surface area (Å²) in [5, 5.41) is 2.32. The van der Waals surface area contributed by atoms with E-state index < -0.39 is 0 Å². The third-order valence-electron chi connectivity index (χ3n) is 4.79. The molecule has 1 aliphatic heterocycles. The number of halogens is 2. The maximum atomic E-state index is 5.48. The van der Waals surface area contributed by atoms with Crippen molar-refractivity contribution in [1.29, 1.82) is 0 Å². The number of ether oxygens (including phenoxy) is 1. The Hall–Kier alpha value is 0.920. The van der Waals surface area contributed by atoms with Crippen LogP contribution >= 0.6 is 31.9 Å². The maximum Gasteiger partial charge on any atom is 0.0468 e. The van der Waals surface area contributed by atoms with Crippen molar-refractivity contribution >= 4 is 31.9 Å². The standard InChI is InChI=1S/C14H24Br2O/c15-10-14(11-16,13-3-1-2-4-13)9-12-5-7-17-8-6-12/h12-13H,1-11H2. The molecule has 0 radical (unpaired) electrons. The molecule has 0 aromatic rings. The topological polar surface area (TPSA) is 9.23 Å².